The topological polar surface area (TPSA) is 87.6 Å². The van der Waals surface area contributed by atoms with E-state index in [1.54, 1.807) is 29.7 Å². The van der Waals surface area contributed by atoms with E-state index in [4.69, 9.17) is 20.9 Å². The van der Waals surface area contributed by atoms with E-state index in [2.05, 4.69) is 15.4 Å². The van der Waals surface area contributed by atoms with Gasteiger partial charge in [-0.3, -0.25) is 5.43 Å². The average molecular weight is 431 g/mol. The Balaban J connectivity index is 1.72. The number of carboxylic acid groups (broad SMARTS) is 1. The molecule has 2 aromatic carbocycles. The van der Waals surface area contributed by atoms with E-state index in [1.807, 2.05) is 32.0 Å². The van der Waals surface area contributed by atoms with Crippen molar-refractivity contribution in [1.82, 2.24) is 14.4 Å². The smallest absolute Gasteiger partial charge is 0.335 e. The summed E-state index contributed by atoms with van der Waals surface area (Å²) >= 11 is 7.17. The van der Waals surface area contributed by atoms with Gasteiger partial charge in [0.05, 0.1) is 11.3 Å². The van der Waals surface area contributed by atoms with Crippen molar-refractivity contribution >= 4 is 35.7 Å². The third-order valence-electron chi connectivity index (χ3n) is 4.02. The zero-order valence-corrected chi connectivity index (χ0v) is 17.6. The highest BCUT2D eigenvalue weighted by molar-refractivity contribution is 7.92. The van der Waals surface area contributed by atoms with Crippen LogP contribution in [0.1, 0.15) is 21.5 Å². The molecule has 0 amide bonds. The maximum atomic E-state index is 11.0. The zero-order chi connectivity index (χ0) is 21.0. The van der Waals surface area contributed by atoms with Gasteiger partial charge in [-0.05, 0) is 43.2 Å². The first kappa shape index (κ1) is 20.9. The minimum atomic E-state index is -1.02. The number of hydrogen-bond acceptors (Lipinski definition) is 7. The summed E-state index contributed by atoms with van der Waals surface area (Å²) in [4.78, 5) is 19.8. The number of halogens is 1. The van der Waals surface area contributed by atoms with E-state index < -0.39 is 5.97 Å². The number of aromatic carboxylic acids is 1. The molecular weight excluding hydrogens is 412 g/mol. The maximum absolute atomic E-state index is 11.0. The van der Waals surface area contributed by atoms with Crippen LogP contribution in [0.2, 0.25) is 5.15 Å². The molecule has 0 radical (unpaired) electrons. The summed E-state index contributed by atoms with van der Waals surface area (Å²) in [6, 6.07) is 14.0. The molecule has 7 nitrogen and oxygen atoms in total. The molecule has 3 rings (SSSR count). The summed E-state index contributed by atoms with van der Waals surface area (Å²) in [5, 5.41) is 9.37. The Labute approximate surface area is 178 Å². The van der Waals surface area contributed by atoms with Crippen molar-refractivity contribution in [2.45, 2.75) is 13.8 Å². The second-order valence-electron chi connectivity index (χ2n) is 6.27. The van der Waals surface area contributed by atoms with E-state index in [0.717, 1.165) is 34.6 Å². The molecule has 29 heavy (non-hydrogen) atoms. The first-order valence-electron chi connectivity index (χ1n) is 8.63. The van der Waals surface area contributed by atoms with Crippen molar-refractivity contribution in [2.75, 3.05) is 12.5 Å². The highest BCUT2D eigenvalue weighted by Crippen LogP contribution is 2.28. The Hall–Kier alpha value is -2.81. The Kier molecular flexibility index (Phi) is 6.58. The molecule has 0 saturated carbocycles. The second kappa shape index (κ2) is 9.13. The summed E-state index contributed by atoms with van der Waals surface area (Å²) in [6.45, 7) is 4.04. The molecule has 0 aliphatic rings. The number of hydrazine groups is 1. The number of anilines is 1. The minimum Gasteiger partial charge on any atom is -0.478 e. The van der Waals surface area contributed by atoms with Gasteiger partial charge in [0, 0.05) is 18.7 Å². The van der Waals surface area contributed by atoms with E-state index >= 15 is 0 Å². The lowest BCUT2D eigenvalue weighted by Gasteiger charge is -2.17. The molecule has 0 spiro atoms. The van der Waals surface area contributed by atoms with E-state index in [1.165, 1.54) is 12.1 Å². The highest BCUT2D eigenvalue weighted by Gasteiger charge is 2.12. The molecule has 1 heterocycles. The van der Waals surface area contributed by atoms with Crippen molar-refractivity contribution < 1.29 is 14.1 Å². The van der Waals surface area contributed by atoms with Crippen molar-refractivity contribution in [2.24, 2.45) is 0 Å². The lowest BCUT2D eigenvalue weighted by Crippen LogP contribution is -2.20. The van der Waals surface area contributed by atoms with Gasteiger partial charge < -0.3 is 9.29 Å². The van der Waals surface area contributed by atoms with Crippen LogP contribution in [0.3, 0.4) is 0 Å². The Morgan fingerprint density at radius 1 is 1.14 bits per heavy atom. The predicted molar refractivity (Wildman–Crippen MR) is 115 cm³/mol. The first-order chi connectivity index (χ1) is 13.8. The van der Waals surface area contributed by atoms with Gasteiger partial charge in [-0.1, -0.05) is 35.9 Å². The van der Waals surface area contributed by atoms with Crippen LogP contribution in [0.4, 0.5) is 5.95 Å². The Morgan fingerprint density at radius 3 is 2.52 bits per heavy atom. The molecule has 0 aliphatic heterocycles. The van der Waals surface area contributed by atoms with Crippen LogP contribution in [-0.4, -0.2) is 32.5 Å². The summed E-state index contributed by atoms with van der Waals surface area (Å²) in [7, 11) is 1.72. The van der Waals surface area contributed by atoms with E-state index in [9.17, 15) is 4.79 Å². The monoisotopic (exact) mass is 430 g/mol. The first-order valence-corrected chi connectivity index (χ1v) is 9.70. The second-order valence-corrected chi connectivity index (χ2v) is 7.52. The van der Waals surface area contributed by atoms with Crippen LogP contribution in [0.25, 0.3) is 11.3 Å². The molecule has 0 saturated heterocycles. The number of carboxylic acids is 1. The van der Waals surface area contributed by atoms with Crippen LogP contribution < -0.4 is 9.61 Å². The number of aromatic nitrogens is 2. The molecule has 9 heteroatoms. The van der Waals surface area contributed by atoms with Crippen molar-refractivity contribution in [3.05, 3.63) is 70.4 Å². The third-order valence-corrected chi connectivity index (χ3v) is 4.79. The lowest BCUT2D eigenvalue weighted by molar-refractivity contribution is 0.0696. The number of rotatable bonds is 7. The van der Waals surface area contributed by atoms with Crippen molar-refractivity contribution in [1.29, 1.82) is 0 Å². The molecule has 0 bridgehead atoms. The van der Waals surface area contributed by atoms with Gasteiger partial charge in [-0.25, -0.2) is 9.78 Å². The fourth-order valence-electron chi connectivity index (χ4n) is 2.75. The number of nitrogens with one attached hydrogen (secondary N) is 1. The van der Waals surface area contributed by atoms with Crippen molar-refractivity contribution in [3.8, 4) is 17.0 Å². The summed E-state index contributed by atoms with van der Waals surface area (Å²) in [6.07, 6.45) is 0. The van der Waals surface area contributed by atoms with Gasteiger partial charge in [-0.15, -0.1) is 4.41 Å². The van der Waals surface area contributed by atoms with Crippen molar-refractivity contribution in [3.63, 3.8) is 0 Å². The van der Waals surface area contributed by atoms with E-state index in [0.29, 0.717) is 16.9 Å². The fraction of sp³-hybridized carbons (Fsp3) is 0.150. The molecule has 1 aromatic heterocycles. The Bertz CT molecular complexity index is 1030. The van der Waals surface area contributed by atoms with Gasteiger partial charge in [0.2, 0.25) is 5.95 Å². The standard InChI is InChI=1S/C20H19ClN4O3S/c1-12-6-4-7-13(2)18(12)16-11-17(21)23-20(22-16)24-25(3)29-28-15-9-5-8-14(10-15)19(26)27/h4-11H,1-3H3,(H,26,27)(H,22,23,24). The summed E-state index contributed by atoms with van der Waals surface area (Å²) < 4.78 is 7.09. The normalized spacial score (nSPS) is 10.8. The zero-order valence-electron chi connectivity index (χ0n) is 16.0. The van der Waals surface area contributed by atoms with Gasteiger partial charge in [-0.2, -0.15) is 4.98 Å². The lowest BCUT2D eigenvalue weighted by atomic mass is 10.00. The number of benzene rings is 2. The average Bonchev–Trinajstić information content (AvgIpc) is 2.66. The fourth-order valence-corrected chi connectivity index (χ4v) is 3.36. The van der Waals surface area contributed by atoms with E-state index in [-0.39, 0.29) is 5.56 Å². The molecule has 3 aromatic rings. The van der Waals surface area contributed by atoms with Gasteiger partial charge in [0.25, 0.3) is 0 Å². The number of aryl methyl sites for hydroxylation is 2. The molecular formula is C20H19ClN4O3S. The summed E-state index contributed by atoms with van der Waals surface area (Å²) in [5.41, 5.74) is 7.05. The van der Waals surface area contributed by atoms with Gasteiger partial charge in [0.15, 0.2) is 12.2 Å². The van der Waals surface area contributed by atoms with Gasteiger partial charge in [0.1, 0.15) is 10.9 Å². The SMILES string of the molecule is Cc1cccc(C)c1-c1cc(Cl)nc(NN(C)SOc2cccc(C(=O)O)c2)n1. The number of carbonyl (C=O) groups is 1. The molecule has 150 valence electrons. The van der Waals surface area contributed by atoms with Crippen LogP contribution in [0.5, 0.6) is 5.75 Å². The van der Waals surface area contributed by atoms with Gasteiger partial charge >= 0.3 is 5.97 Å². The quantitative estimate of drug-likeness (QED) is 0.234. The van der Waals surface area contributed by atoms with Crippen LogP contribution in [0.15, 0.2) is 48.5 Å². The number of hydrogen-bond donors (Lipinski definition) is 2. The van der Waals surface area contributed by atoms with Crippen LogP contribution in [-0.2, 0) is 0 Å². The van der Waals surface area contributed by atoms with Crippen LogP contribution >= 0.6 is 23.8 Å². The molecule has 0 atom stereocenters. The predicted octanol–water partition coefficient (Wildman–Crippen LogP) is 5.01. The minimum absolute atomic E-state index is 0.148. The third kappa shape index (κ3) is 5.38. The van der Waals surface area contributed by atoms with Crippen LogP contribution in [0, 0.1) is 13.8 Å². The highest BCUT2D eigenvalue weighted by atomic mass is 35.5. The maximum Gasteiger partial charge on any atom is 0.335 e. The molecule has 0 fully saturated rings. The Morgan fingerprint density at radius 2 is 1.83 bits per heavy atom. The molecule has 0 aliphatic carbocycles. The largest absolute Gasteiger partial charge is 0.478 e. The molecule has 2 N–H and O–H groups in total. The number of nitrogens with zero attached hydrogens (tertiary/aromatic N) is 3. The summed E-state index contributed by atoms with van der Waals surface area (Å²) in [5.74, 6) is -0.293. The molecule has 0 unspecified atom stereocenters.